The molecule has 1 aromatic carbocycles. The molecule has 1 aliphatic carbocycles. The maximum Gasteiger partial charge on any atom is 0.267 e. The third kappa shape index (κ3) is 3.25. The van der Waals surface area contributed by atoms with Gasteiger partial charge in [-0.3, -0.25) is 4.79 Å². The van der Waals surface area contributed by atoms with Crippen molar-refractivity contribution in [1.29, 1.82) is 0 Å². The van der Waals surface area contributed by atoms with Gasteiger partial charge in [-0.05, 0) is 72.0 Å². The van der Waals surface area contributed by atoms with Crippen LogP contribution in [0.25, 0.3) is 10.2 Å². The zero-order valence-corrected chi connectivity index (χ0v) is 16.6. The number of hydrogen-bond acceptors (Lipinski definition) is 4. The van der Waals surface area contributed by atoms with Crippen LogP contribution in [0.3, 0.4) is 0 Å². The second-order valence-corrected chi connectivity index (χ2v) is 8.45. The van der Waals surface area contributed by atoms with E-state index in [0.29, 0.717) is 10.6 Å². The first-order chi connectivity index (χ1) is 12.1. The number of rotatable bonds is 2. The van der Waals surface area contributed by atoms with Crippen molar-refractivity contribution in [3.63, 3.8) is 0 Å². The van der Waals surface area contributed by atoms with E-state index in [1.807, 2.05) is 24.3 Å². The van der Waals surface area contributed by atoms with E-state index in [0.717, 1.165) is 32.3 Å². The number of thiophene rings is 1. The fourth-order valence-electron chi connectivity index (χ4n) is 3.25. The van der Waals surface area contributed by atoms with Crippen LogP contribution in [0, 0.1) is 3.57 Å². The second-order valence-electron chi connectivity index (χ2n) is 6.29. The predicted octanol–water partition coefficient (Wildman–Crippen LogP) is 5.00. The SMILES string of the molecule is Nc1c(C(=O)Nc2ccccc2I)sc2nc3c(cc12)CCCCC3. The third-order valence-electron chi connectivity index (χ3n) is 4.58. The highest BCUT2D eigenvalue weighted by Crippen LogP contribution is 2.35. The van der Waals surface area contributed by atoms with Crippen LogP contribution in [-0.2, 0) is 12.8 Å². The van der Waals surface area contributed by atoms with E-state index in [1.165, 1.54) is 41.9 Å². The summed E-state index contributed by atoms with van der Waals surface area (Å²) in [6.07, 6.45) is 5.71. The van der Waals surface area contributed by atoms with E-state index in [1.54, 1.807) is 0 Å². The van der Waals surface area contributed by atoms with Crippen molar-refractivity contribution in [1.82, 2.24) is 4.98 Å². The van der Waals surface area contributed by atoms with Crippen molar-refractivity contribution < 1.29 is 4.79 Å². The Morgan fingerprint density at radius 2 is 2.00 bits per heavy atom. The second kappa shape index (κ2) is 6.92. The lowest BCUT2D eigenvalue weighted by atomic mass is 10.1. The summed E-state index contributed by atoms with van der Waals surface area (Å²) in [7, 11) is 0. The van der Waals surface area contributed by atoms with Gasteiger partial charge in [-0.1, -0.05) is 18.6 Å². The average molecular weight is 463 g/mol. The van der Waals surface area contributed by atoms with Crippen molar-refractivity contribution in [2.45, 2.75) is 32.1 Å². The topological polar surface area (TPSA) is 68.0 Å². The normalized spacial score (nSPS) is 14.1. The van der Waals surface area contributed by atoms with Gasteiger partial charge in [-0.25, -0.2) is 4.98 Å². The Balaban J connectivity index is 1.71. The van der Waals surface area contributed by atoms with Crippen LogP contribution in [-0.4, -0.2) is 10.9 Å². The summed E-state index contributed by atoms with van der Waals surface area (Å²) < 4.78 is 0.998. The van der Waals surface area contributed by atoms with Gasteiger partial charge >= 0.3 is 0 Å². The predicted molar refractivity (Wildman–Crippen MR) is 112 cm³/mol. The number of aryl methyl sites for hydroxylation is 2. The van der Waals surface area contributed by atoms with E-state index in [4.69, 9.17) is 10.7 Å². The molecule has 0 saturated heterocycles. The Bertz CT molecular complexity index is 967. The number of aromatic nitrogens is 1. The van der Waals surface area contributed by atoms with E-state index < -0.39 is 0 Å². The fourth-order valence-corrected chi connectivity index (χ4v) is 4.76. The molecule has 0 fully saturated rings. The summed E-state index contributed by atoms with van der Waals surface area (Å²) in [5, 5.41) is 3.88. The lowest BCUT2D eigenvalue weighted by Gasteiger charge is -2.06. The molecule has 1 aliphatic rings. The zero-order valence-electron chi connectivity index (χ0n) is 13.6. The number of hydrogen-bond donors (Lipinski definition) is 2. The molecule has 3 aromatic rings. The number of carbonyl (C=O) groups is 1. The summed E-state index contributed by atoms with van der Waals surface area (Å²) in [5.74, 6) is -0.167. The number of para-hydroxylation sites is 1. The van der Waals surface area contributed by atoms with Crippen LogP contribution in [0.4, 0.5) is 11.4 Å². The Morgan fingerprint density at radius 1 is 1.20 bits per heavy atom. The molecule has 0 atom stereocenters. The Labute approximate surface area is 164 Å². The molecule has 6 heteroatoms. The average Bonchev–Trinajstić information content (AvgIpc) is 2.78. The largest absolute Gasteiger partial charge is 0.397 e. The number of anilines is 2. The molecule has 2 aromatic heterocycles. The smallest absolute Gasteiger partial charge is 0.267 e. The lowest BCUT2D eigenvalue weighted by molar-refractivity contribution is 0.103. The van der Waals surface area contributed by atoms with Gasteiger partial charge in [0.2, 0.25) is 0 Å². The molecule has 2 heterocycles. The highest BCUT2D eigenvalue weighted by molar-refractivity contribution is 14.1. The van der Waals surface area contributed by atoms with Crippen molar-refractivity contribution in [3.8, 4) is 0 Å². The van der Waals surface area contributed by atoms with Gasteiger partial charge in [0.15, 0.2) is 0 Å². The fraction of sp³-hybridized carbons (Fsp3) is 0.263. The summed E-state index contributed by atoms with van der Waals surface area (Å²) >= 11 is 3.60. The molecule has 0 unspecified atom stereocenters. The number of benzene rings is 1. The highest BCUT2D eigenvalue weighted by Gasteiger charge is 2.20. The molecule has 4 rings (SSSR count). The number of nitrogens with zero attached hydrogens (tertiary/aromatic N) is 1. The molecule has 4 nitrogen and oxygen atoms in total. The molecular formula is C19H18IN3OS. The first-order valence-corrected chi connectivity index (χ1v) is 10.3. The minimum atomic E-state index is -0.167. The first-order valence-electron chi connectivity index (χ1n) is 8.40. The summed E-state index contributed by atoms with van der Waals surface area (Å²) in [5.41, 5.74) is 10.1. The molecule has 0 bridgehead atoms. The van der Waals surface area contributed by atoms with Gasteiger partial charge in [0.1, 0.15) is 9.71 Å². The maximum atomic E-state index is 12.7. The minimum Gasteiger partial charge on any atom is -0.397 e. The standard InChI is InChI=1S/C19H18IN3OS/c20-13-7-4-5-9-15(13)22-18(24)17-16(21)12-10-11-6-2-1-3-8-14(11)23-19(12)25-17/h4-5,7,9-10H,1-3,6,8,21H2,(H,22,24). The number of amides is 1. The Hall–Kier alpha value is -1.67. The van der Waals surface area contributed by atoms with Crippen molar-refractivity contribution >= 4 is 61.4 Å². The number of nitrogens with two attached hydrogens (primary N) is 1. The van der Waals surface area contributed by atoms with Gasteiger partial charge in [-0.2, -0.15) is 0 Å². The summed E-state index contributed by atoms with van der Waals surface area (Å²) in [6.45, 7) is 0. The van der Waals surface area contributed by atoms with Crippen LogP contribution in [0.5, 0.6) is 0 Å². The van der Waals surface area contributed by atoms with Crippen LogP contribution in [0.2, 0.25) is 0 Å². The number of nitrogens with one attached hydrogen (secondary N) is 1. The van der Waals surface area contributed by atoms with Crippen molar-refractivity contribution in [3.05, 3.63) is 50.0 Å². The first kappa shape index (κ1) is 16.8. The molecule has 1 amide bonds. The van der Waals surface area contributed by atoms with Gasteiger partial charge in [-0.15, -0.1) is 11.3 Å². The molecular weight excluding hydrogens is 445 g/mol. The highest BCUT2D eigenvalue weighted by atomic mass is 127. The summed E-state index contributed by atoms with van der Waals surface area (Å²) in [6, 6.07) is 9.86. The van der Waals surface area contributed by atoms with E-state index in [9.17, 15) is 4.79 Å². The Morgan fingerprint density at radius 3 is 2.84 bits per heavy atom. The number of pyridine rings is 1. The number of nitrogen functional groups attached to an aromatic ring is 1. The van der Waals surface area contributed by atoms with Crippen LogP contribution < -0.4 is 11.1 Å². The maximum absolute atomic E-state index is 12.7. The van der Waals surface area contributed by atoms with Crippen molar-refractivity contribution in [2.75, 3.05) is 11.1 Å². The van der Waals surface area contributed by atoms with E-state index >= 15 is 0 Å². The van der Waals surface area contributed by atoms with E-state index in [-0.39, 0.29) is 5.91 Å². The van der Waals surface area contributed by atoms with Crippen LogP contribution in [0.1, 0.15) is 40.2 Å². The summed E-state index contributed by atoms with van der Waals surface area (Å²) in [4.78, 5) is 19.0. The third-order valence-corrected chi connectivity index (χ3v) is 6.63. The molecule has 25 heavy (non-hydrogen) atoms. The minimum absolute atomic E-state index is 0.167. The quantitative estimate of drug-likeness (QED) is 0.415. The van der Waals surface area contributed by atoms with E-state index in [2.05, 4.69) is 34.0 Å². The van der Waals surface area contributed by atoms with Gasteiger partial charge < -0.3 is 11.1 Å². The molecule has 0 saturated carbocycles. The van der Waals surface area contributed by atoms with Gasteiger partial charge in [0, 0.05) is 14.7 Å². The van der Waals surface area contributed by atoms with Gasteiger partial charge in [0.05, 0.1) is 11.4 Å². The van der Waals surface area contributed by atoms with Crippen LogP contribution in [0.15, 0.2) is 30.3 Å². The molecule has 0 aliphatic heterocycles. The molecule has 3 N–H and O–H groups in total. The Kier molecular flexibility index (Phi) is 4.64. The monoisotopic (exact) mass is 463 g/mol. The zero-order chi connectivity index (χ0) is 17.4. The number of halogens is 1. The number of fused-ring (bicyclic) bond motifs is 2. The molecule has 0 spiro atoms. The lowest BCUT2D eigenvalue weighted by Crippen LogP contribution is -2.12. The molecule has 128 valence electrons. The van der Waals surface area contributed by atoms with Crippen LogP contribution >= 0.6 is 33.9 Å². The number of carbonyl (C=O) groups excluding carboxylic acids is 1. The van der Waals surface area contributed by atoms with Crippen molar-refractivity contribution in [2.24, 2.45) is 0 Å². The van der Waals surface area contributed by atoms with Gasteiger partial charge in [0.25, 0.3) is 5.91 Å². The molecule has 0 radical (unpaired) electrons.